The molecule has 0 unspecified atom stereocenters. The van der Waals surface area contributed by atoms with Crippen LogP contribution in [0.25, 0.3) is 0 Å². The fourth-order valence-electron chi connectivity index (χ4n) is 3.77. The first-order chi connectivity index (χ1) is 17.5. The molecule has 1 amide bonds. The third-order valence-electron chi connectivity index (χ3n) is 5.74. The number of likely N-dealkylation sites (N-methyl/N-ethyl adjacent to an activating group) is 1. The van der Waals surface area contributed by atoms with E-state index in [-0.39, 0.29) is 5.56 Å². The first kappa shape index (κ1) is 25.3. The van der Waals surface area contributed by atoms with Crippen molar-refractivity contribution < 1.29 is 9.53 Å². The summed E-state index contributed by atoms with van der Waals surface area (Å²) in [6.07, 6.45) is 6.17. The fraction of sp³-hybridized carbons (Fsp3) is 0.333. The molecule has 5 N–H and O–H groups in total. The lowest BCUT2D eigenvalue weighted by Gasteiger charge is -2.30. The number of rotatable bonds is 6. The molecule has 1 fully saturated rings. The second kappa shape index (κ2) is 11.8. The van der Waals surface area contributed by atoms with Crippen molar-refractivity contribution in [3.63, 3.8) is 0 Å². The minimum absolute atomic E-state index is 0.266. The minimum Gasteiger partial charge on any atom is -0.398 e. The molecule has 12 heteroatoms. The highest BCUT2D eigenvalue weighted by molar-refractivity contribution is 8.03. The summed E-state index contributed by atoms with van der Waals surface area (Å²) in [6.45, 7) is 3.76. The van der Waals surface area contributed by atoms with E-state index >= 15 is 0 Å². The number of nitrogens with two attached hydrogens (primary N) is 2. The van der Waals surface area contributed by atoms with Crippen molar-refractivity contribution in [1.82, 2.24) is 14.9 Å². The van der Waals surface area contributed by atoms with Gasteiger partial charge in [-0.3, -0.25) is 9.79 Å². The summed E-state index contributed by atoms with van der Waals surface area (Å²) in [5, 5.41) is 7.86. The van der Waals surface area contributed by atoms with Crippen LogP contribution < -0.4 is 16.4 Å². The Kier molecular flexibility index (Phi) is 8.28. The number of nitrogen functional groups attached to an aromatic ring is 1. The Hall–Kier alpha value is -3.77. The largest absolute Gasteiger partial charge is 0.398 e. The zero-order chi connectivity index (χ0) is 25.5. The van der Waals surface area contributed by atoms with Gasteiger partial charge >= 0.3 is 0 Å². The van der Waals surface area contributed by atoms with Crippen LogP contribution in [-0.4, -0.2) is 90.9 Å². The number of ether oxygens (including phenoxy) is 1. The van der Waals surface area contributed by atoms with E-state index in [1.165, 1.54) is 18.6 Å². The zero-order valence-electron chi connectivity index (χ0n) is 20.1. The summed E-state index contributed by atoms with van der Waals surface area (Å²) in [7, 11) is 1.89. The molecule has 2 aromatic rings. The van der Waals surface area contributed by atoms with E-state index in [0.29, 0.717) is 55.1 Å². The Bertz CT molecular complexity index is 1200. The van der Waals surface area contributed by atoms with Crippen LogP contribution in [0.5, 0.6) is 0 Å². The van der Waals surface area contributed by atoms with Gasteiger partial charge in [-0.05, 0) is 6.07 Å². The summed E-state index contributed by atoms with van der Waals surface area (Å²) < 4.78 is 5.54. The van der Waals surface area contributed by atoms with Crippen molar-refractivity contribution in [2.75, 3.05) is 62.8 Å². The molecule has 0 saturated carbocycles. The van der Waals surface area contributed by atoms with E-state index in [4.69, 9.17) is 31.6 Å². The number of nitrogens with one attached hydrogen (secondary N) is 1. The normalized spacial score (nSPS) is 16.6. The van der Waals surface area contributed by atoms with Crippen LogP contribution in [-0.2, 0) is 4.74 Å². The molecule has 11 nitrogen and oxygen atoms in total. The van der Waals surface area contributed by atoms with Crippen molar-refractivity contribution in [2.45, 2.75) is 0 Å². The fourth-order valence-corrected chi connectivity index (χ4v) is 4.81. The highest BCUT2D eigenvalue weighted by Crippen LogP contribution is 2.23. The highest BCUT2D eigenvalue weighted by atomic mass is 32.2. The average Bonchev–Trinajstić information content (AvgIpc) is 3.00. The molecular weight excluding hydrogens is 478 g/mol. The smallest absolute Gasteiger partial charge is 0.251 e. The second-order valence-electron chi connectivity index (χ2n) is 8.20. The molecule has 3 heterocycles. The van der Waals surface area contributed by atoms with Crippen LogP contribution in [0.4, 0.5) is 11.6 Å². The first-order valence-corrected chi connectivity index (χ1v) is 12.4. The van der Waals surface area contributed by atoms with Crippen molar-refractivity contribution in [3.05, 3.63) is 58.3 Å². The number of aliphatic imine (C=N–C) groups is 2. The van der Waals surface area contributed by atoms with Gasteiger partial charge in [-0.25, -0.2) is 15.0 Å². The Balaban J connectivity index is 1.62. The molecule has 36 heavy (non-hydrogen) atoms. The van der Waals surface area contributed by atoms with E-state index in [1.54, 1.807) is 17.8 Å². The summed E-state index contributed by atoms with van der Waals surface area (Å²) in [4.78, 5) is 34.8. The van der Waals surface area contributed by atoms with Crippen molar-refractivity contribution in [2.24, 2.45) is 15.7 Å². The lowest BCUT2D eigenvalue weighted by atomic mass is 10.1. The topological polar surface area (TPSA) is 159 Å². The number of morpholine rings is 1. The number of aromatic nitrogens is 2. The molecule has 1 aromatic carbocycles. The number of hydrogen-bond acceptors (Lipinski definition) is 11. The summed E-state index contributed by atoms with van der Waals surface area (Å²) in [5.41, 5.74) is 13.5. The molecule has 0 aliphatic carbocycles. The Morgan fingerprint density at radius 2 is 2.03 bits per heavy atom. The third kappa shape index (κ3) is 6.07. The van der Waals surface area contributed by atoms with Gasteiger partial charge in [-0.15, -0.1) is 11.8 Å². The summed E-state index contributed by atoms with van der Waals surface area (Å²) >= 11 is 1.69. The standard InChI is InChI=1S/C24H29N9O2S/c1-32(24-29-12-16(13-30-24)22(27)34)14-17-5-6-28-23(18-3-2-4-20(26)19(18)11-25)31-21(15-36-17)33-7-9-35-10-8-33/h2-5,11-13,25H,6-10,14-15,26H2,1H3,(H2,27,34). The van der Waals surface area contributed by atoms with Gasteiger partial charge in [0.15, 0.2) is 5.84 Å². The van der Waals surface area contributed by atoms with Gasteiger partial charge in [0.05, 0.1) is 37.6 Å². The second-order valence-corrected chi connectivity index (χ2v) is 9.30. The maximum absolute atomic E-state index is 11.3. The number of thioether (sulfide) groups is 1. The van der Waals surface area contributed by atoms with E-state index in [9.17, 15) is 4.79 Å². The van der Waals surface area contributed by atoms with Gasteiger partial charge < -0.3 is 31.4 Å². The highest BCUT2D eigenvalue weighted by Gasteiger charge is 2.20. The van der Waals surface area contributed by atoms with Gasteiger partial charge in [0.1, 0.15) is 5.84 Å². The maximum Gasteiger partial charge on any atom is 0.251 e. The number of amidine groups is 2. The van der Waals surface area contributed by atoms with Crippen LogP contribution in [0, 0.1) is 5.41 Å². The Morgan fingerprint density at radius 3 is 2.72 bits per heavy atom. The van der Waals surface area contributed by atoms with E-state index in [1.807, 2.05) is 24.1 Å². The van der Waals surface area contributed by atoms with E-state index in [2.05, 4.69) is 20.9 Å². The number of nitrogens with zero attached hydrogens (tertiary/aromatic N) is 6. The molecule has 2 aliphatic rings. The van der Waals surface area contributed by atoms with Crippen LogP contribution >= 0.6 is 11.8 Å². The average molecular weight is 508 g/mol. The van der Waals surface area contributed by atoms with Crippen molar-refractivity contribution >= 4 is 47.2 Å². The van der Waals surface area contributed by atoms with Crippen LogP contribution in [0.15, 0.2) is 51.6 Å². The number of primary amides is 1. The molecular formula is C24H29N9O2S. The monoisotopic (exact) mass is 507 g/mol. The molecule has 1 aromatic heterocycles. The van der Waals surface area contributed by atoms with E-state index in [0.717, 1.165) is 29.4 Å². The molecule has 1 saturated heterocycles. The molecule has 0 atom stereocenters. The van der Waals surface area contributed by atoms with Crippen molar-refractivity contribution in [3.8, 4) is 0 Å². The van der Waals surface area contributed by atoms with Gasteiger partial charge in [0, 0.05) is 60.5 Å². The first-order valence-electron chi connectivity index (χ1n) is 11.4. The van der Waals surface area contributed by atoms with Crippen LogP contribution in [0.2, 0.25) is 0 Å². The van der Waals surface area contributed by atoms with Gasteiger partial charge in [0.25, 0.3) is 5.91 Å². The molecule has 4 rings (SSSR count). The molecule has 0 bridgehead atoms. The van der Waals surface area contributed by atoms with Gasteiger partial charge in [-0.2, -0.15) is 0 Å². The number of hydrogen-bond donors (Lipinski definition) is 3. The Morgan fingerprint density at radius 1 is 1.28 bits per heavy atom. The van der Waals surface area contributed by atoms with Crippen LogP contribution in [0.3, 0.4) is 0 Å². The molecule has 0 spiro atoms. The number of anilines is 2. The summed E-state index contributed by atoms with van der Waals surface area (Å²) in [5.74, 6) is 2.02. The lowest BCUT2D eigenvalue weighted by Crippen LogP contribution is -2.42. The maximum atomic E-state index is 11.3. The number of carbonyl (C=O) groups is 1. The zero-order valence-corrected chi connectivity index (χ0v) is 20.9. The number of carbonyl (C=O) groups excluding carboxylic acids is 1. The predicted octanol–water partition coefficient (Wildman–Crippen LogP) is 1.40. The van der Waals surface area contributed by atoms with Gasteiger partial charge in [0.2, 0.25) is 5.95 Å². The lowest BCUT2D eigenvalue weighted by molar-refractivity contribution is 0.0680. The Labute approximate surface area is 213 Å². The SMILES string of the molecule is CN(CC1=CCN=C(c2cccc(N)c2C=N)N=C(N2CCOCC2)CS1)c1ncc(C(N)=O)cn1. The number of benzene rings is 1. The molecule has 0 radical (unpaired) electrons. The van der Waals surface area contributed by atoms with Gasteiger partial charge in [-0.1, -0.05) is 18.2 Å². The molecule has 188 valence electrons. The minimum atomic E-state index is -0.561. The van der Waals surface area contributed by atoms with E-state index < -0.39 is 5.91 Å². The molecule has 2 aliphatic heterocycles. The third-order valence-corrected chi connectivity index (χ3v) is 6.81. The number of amides is 1. The van der Waals surface area contributed by atoms with Crippen LogP contribution in [0.1, 0.15) is 21.5 Å². The quantitative estimate of drug-likeness (QED) is 0.391. The summed E-state index contributed by atoms with van der Waals surface area (Å²) in [6, 6.07) is 5.52. The predicted molar refractivity (Wildman–Crippen MR) is 144 cm³/mol. The van der Waals surface area contributed by atoms with Crippen molar-refractivity contribution in [1.29, 1.82) is 5.41 Å².